The van der Waals surface area contributed by atoms with Gasteiger partial charge in [-0.2, -0.15) is 4.68 Å². The van der Waals surface area contributed by atoms with Gasteiger partial charge in [-0.1, -0.05) is 0 Å². The number of hydrogen-bond acceptors (Lipinski definition) is 5. The third kappa shape index (κ3) is 3.86. The Bertz CT molecular complexity index is 1100. The van der Waals surface area contributed by atoms with Gasteiger partial charge in [0.25, 0.3) is 0 Å². The van der Waals surface area contributed by atoms with Crippen LogP contribution in [0.2, 0.25) is 0 Å². The zero-order valence-electron chi connectivity index (χ0n) is 15.4. The van der Waals surface area contributed by atoms with E-state index in [9.17, 15) is 22.8 Å². The van der Waals surface area contributed by atoms with Gasteiger partial charge in [-0.15, -0.1) is 5.10 Å². The van der Waals surface area contributed by atoms with Gasteiger partial charge in [-0.3, -0.25) is 9.59 Å². The number of aromatic nitrogens is 4. The highest BCUT2D eigenvalue weighted by atomic mass is 19.2. The molecule has 0 bridgehead atoms. The Morgan fingerprint density at radius 1 is 1.07 bits per heavy atom. The number of tetrazole rings is 1. The van der Waals surface area contributed by atoms with Gasteiger partial charge >= 0.3 is 0 Å². The number of hydrogen-bond donors (Lipinski definition) is 1. The Morgan fingerprint density at radius 2 is 1.80 bits per heavy atom. The number of carbonyl (C=O) groups is 2. The van der Waals surface area contributed by atoms with Gasteiger partial charge < -0.3 is 10.2 Å². The summed E-state index contributed by atoms with van der Waals surface area (Å²) in [6.07, 6.45) is 0.0112. The average molecular weight is 416 g/mol. The van der Waals surface area contributed by atoms with Crippen LogP contribution in [-0.4, -0.2) is 38.6 Å². The molecule has 3 aromatic rings. The molecule has 1 atom stereocenters. The summed E-state index contributed by atoms with van der Waals surface area (Å²) in [7, 11) is 0. The third-order valence-electron chi connectivity index (χ3n) is 4.74. The smallest absolute Gasteiger partial charge is 0.227 e. The van der Waals surface area contributed by atoms with Crippen molar-refractivity contribution in [3.05, 3.63) is 65.7 Å². The molecule has 8 nitrogen and oxygen atoms in total. The van der Waals surface area contributed by atoms with Crippen LogP contribution in [0.1, 0.15) is 12.2 Å². The highest BCUT2D eigenvalue weighted by Gasteiger charge is 2.35. The van der Waals surface area contributed by atoms with Crippen molar-refractivity contribution in [1.82, 2.24) is 25.5 Å². The standard InChI is InChI=1S/C19H15F3N6O2/c20-12-1-3-13(4-2-12)27-10-11(7-18(27)29)19(30)23-9-17-24-25-26-28(17)14-5-6-15(21)16(22)8-14/h1-6,8,11H,7,9-10H2,(H,23,30)/t11-/m0/s1. The molecule has 1 aliphatic heterocycles. The Labute approximate surface area is 168 Å². The molecule has 2 heterocycles. The molecule has 154 valence electrons. The minimum Gasteiger partial charge on any atom is -0.348 e. The molecule has 0 unspecified atom stereocenters. The summed E-state index contributed by atoms with van der Waals surface area (Å²) in [4.78, 5) is 26.2. The lowest BCUT2D eigenvalue weighted by molar-refractivity contribution is -0.126. The summed E-state index contributed by atoms with van der Waals surface area (Å²) >= 11 is 0. The quantitative estimate of drug-likeness (QED) is 0.684. The van der Waals surface area contributed by atoms with E-state index in [1.165, 1.54) is 39.9 Å². The summed E-state index contributed by atoms with van der Waals surface area (Å²) in [6.45, 7) is 0.0798. The maximum atomic E-state index is 13.5. The molecule has 1 N–H and O–H groups in total. The molecule has 1 fully saturated rings. The van der Waals surface area contributed by atoms with E-state index in [0.717, 1.165) is 12.1 Å². The van der Waals surface area contributed by atoms with Crippen molar-refractivity contribution in [2.75, 3.05) is 11.4 Å². The van der Waals surface area contributed by atoms with Crippen LogP contribution in [0.25, 0.3) is 5.69 Å². The first kappa shape index (κ1) is 19.6. The van der Waals surface area contributed by atoms with Gasteiger partial charge in [-0.05, 0) is 46.8 Å². The minimum absolute atomic E-state index is 0.0112. The van der Waals surface area contributed by atoms with Gasteiger partial charge in [0.15, 0.2) is 17.5 Å². The number of benzene rings is 2. The summed E-state index contributed by atoms with van der Waals surface area (Å²) in [5.41, 5.74) is 0.709. The van der Waals surface area contributed by atoms with Gasteiger partial charge in [0.05, 0.1) is 18.2 Å². The van der Waals surface area contributed by atoms with Crippen molar-refractivity contribution < 1.29 is 22.8 Å². The largest absolute Gasteiger partial charge is 0.348 e. The van der Waals surface area contributed by atoms with Crippen LogP contribution < -0.4 is 10.2 Å². The van der Waals surface area contributed by atoms with Crippen LogP contribution >= 0.6 is 0 Å². The topological polar surface area (TPSA) is 93.0 Å². The van der Waals surface area contributed by atoms with Crippen molar-refractivity contribution in [2.45, 2.75) is 13.0 Å². The van der Waals surface area contributed by atoms with Crippen molar-refractivity contribution in [1.29, 1.82) is 0 Å². The number of nitrogens with one attached hydrogen (secondary N) is 1. The predicted octanol–water partition coefficient (Wildman–Crippen LogP) is 1.75. The molecule has 4 rings (SSSR count). The van der Waals surface area contributed by atoms with E-state index in [2.05, 4.69) is 20.8 Å². The summed E-state index contributed by atoms with van der Waals surface area (Å²) < 4.78 is 40.9. The maximum absolute atomic E-state index is 13.5. The lowest BCUT2D eigenvalue weighted by atomic mass is 10.1. The minimum atomic E-state index is -1.05. The molecule has 2 amide bonds. The SMILES string of the molecule is O=C(NCc1nnnn1-c1ccc(F)c(F)c1)[C@H]1CC(=O)N(c2ccc(F)cc2)C1. The van der Waals surface area contributed by atoms with E-state index in [1.54, 1.807) is 0 Å². The molecule has 11 heteroatoms. The van der Waals surface area contributed by atoms with Gasteiger partial charge in [0.2, 0.25) is 11.8 Å². The molecule has 1 aliphatic rings. The van der Waals surface area contributed by atoms with E-state index < -0.39 is 23.4 Å². The maximum Gasteiger partial charge on any atom is 0.227 e. The van der Waals surface area contributed by atoms with Crippen molar-refractivity contribution in [2.24, 2.45) is 5.92 Å². The van der Waals surface area contributed by atoms with Crippen LogP contribution in [0.3, 0.4) is 0 Å². The third-order valence-corrected chi connectivity index (χ3v) is 4.74. The van der Waals surface area contributed by atoms with E-state index >= 15 is 0 Å². The van der Waals surface area contributed by atoms with Crippen molar-refractivity contribution >= 4 is 17.5 Å². The first-order valence-corrected chi connectivity index (χ1v) is 8.98. The predicted molar refractivity (Wildman–Crippen MR) is 97.8 cm³/mol. The second kappa shape index (κ2) is 7.93. The summed E-state index contributed by atoms with van der Waals surface area (Å²) in [5, 5.41) is 13.7. The van der Waals surface area contributed by atoms with E-state index in [1.807, 2.05) is 0 Å². The number of anilines is 1. The molecule has 0 aliphatic carbocycles. The van der Waals surface area contributed by atoms with Crippen molar-refractivity contribution in [3.8, 4) is 5.69 Å². The van der Waals surface area contributed by atoms with Gasteiger partial charge in [-0.25, -0.2) is 13.2 Å². The molecule has 2 aromatic carbocycles. The lowest BCUT2D eigenvalue weighted by Crippen LogP contribution is -2.33. The number of halogens is 3. The second-order valence-corrected chi connectivity index (χ2v) is 6.70. The van der Waals surface area contributed by atoms with E-state index in [-0.39, 0.29) is 42.8 Å². The Morgan fingerprint density at radius 3 is 2.53 bits per heavy atom. The molecule has 1 aromatic heterocycles. The molecular weight excluding hydrogens is 401 g/mol. The van der Waals surface area contributed by atoms with E-state index in [4.69, 9.17) is 0 Å². The number of rotatable bonds is 5. The molecule has 1 saturated heterocycles. The molecular formula is C19H15F3N6O2. The highest BCUT2D eigenvalue weighted by molar-refractivity contribution is 6.00. The lowest BCUT2D eigenvalue weighted by Gasteiger charge is -2.16. The summed E-state index contributed by atoms with van der Waals surface area (Å²) in [6, 6.07) is 8.63. The zero-order valence-corrected chi connectivity index (χ0v) is 15.4. The van der Waals surface area contributed by atoms with Crippen LogP contribution in [0.5, 0.6) is 0 Å². The van der Waals surface area contributed by atoms with E-state index in [0.29, 0.717) is 5.69 Å². The normalized spacial score (nSPS) is 16.2. The van der Waals surface area contributed by atoms with Crippen LogP contribution in [0.15, 0.2) is 42.5 Å². The fourth-order valence-electron chi connectivity index (χ4n) is 3.20. The first-order valence-electron chi connectivity index (χ1n) is 8.98. The average Bonchev–Trinajstić information content (AvgIpc) is 3.35. The van der Waals surface area contributed by atoms with Crippen molar-refractivity contribution in [3.63, 3.8) is 0 Å². The Balaban J connectivity index is 1.41. The second-order valence-electron chi connectivity index (χ2n) is 6.70. The first-order chi connectivity index (χ1) is 14.4. The number of nitrogens with zero attached hydrogens (tertiary/aromatic N) is 5. The fourth-order valence-corrected chi connectivity index (χ4v) is 3.20. The number of amides is 2. The van der Waals surface area contributed by atoms with Crippen LogP contribution in [-0.2, 0) is 16.1 Å². The van der Waals surface area contributed by atoms with Crippen LogP contribution in [0, 0.1) is 23.4 Å². The van der Waals surface area contributed by atoms with Gasteiger partial charge in [0.1, 0.15) is 5.82 Å². The zero-order chi connectivity index (χ0) is 21.3. The van der Waals surface area contributed by atoms with Crippen LogP contribution in [0.4, 0.5) is 18.9 Å². The van der Waals surface area contributed by atoms with Gasteiger partial charge in [0, 0.05) is 24.7 Å². The molecule has 0 radical (unpaired) electrons. The Kier molecular flexibility index (Phi) is 5.17. The highest BCUT2D eigenvalue weighted by Crippen LogP contribution is 2.25. The Hall–Kier alpha value is -3.76. The monoisotopic (exact) mass is 416 g/mol. The molecule has 0 spiro atoms. The number of carbonyl (C=O) groups excluding carboxylic acids is 2. The molecule has 0 saturated carbocycles. The fraction of sp³-hybridized carbons (Fsp3) is 0.211. The summed E-state index contributed by atoms with van der Waals surface area (Å²) in [5.74, 6) is -3.49. The molecule has 30 heavy (non-hydrogen) atoms.